The van der Waals surface area contributed by atoms with Crippen molar-refractivity contribution in [3.8, 4) is 6.19 Å². The first-order valence-electron chi connectivity index (χ1n) is 5.64. The Hall–Kier alpha value is -1.60. The second-order valence-electron chi connectivity index (χ2n) is 3.93. The van der Waals surface area contributed by atoms with Crippen molar-refractivity contribution in [2.45, 2.75) is 26.3 Å². The van der Waals surface area contributed by atoms with Gasteiger partial charge in [-0.2, -0.15) is 10.3 Å². The van der Waals surface area contributed by atoms with Crippen LogP contribution in [0.3, 0.4) is 0 Å². The summed E-state index contributed by atoms with van der Waals surface area (Å²) in [5.41, 5.74) is 0.529. The predicted octanol–water partition coefficient (Wildman–Crippen LogP) is 3.76. The molecule has 0 aliphatic heterocycles. The van der Waals surface area contributed by atoms with Gasteiger partial charge in [0.2, 0.25) is 6.19 Å². The van der Waals surface area contributed by atoms with E-state index in [0.717, 1.165) is 0 Å². The fourth-order valence-electron chi connectivity index (χ4n) is 1.74. The highest BCUT2D eigenvalue weighted by Gasteiger charge is 2.18. The Morgan fingerprint density at radius 3 is 2.78 bits per heavy atom. The fraction of sp³-hybridized carbons (Fsp3) is 0.385. The van der Waals surface area contributed by atoms with Crippen LogP contribution in [0.1, 0.15) is 31.9 Å². The highest BCUT2D eigenvalue weighted by Crippen LogP contribution is 2.25. The molecule has 0 saturated carbocycles. The molecule has 96 valence electrons. The topological polar surface area (TPSA) is 39.4 Å². The van der Waals surface area contributed by atoms with Crippen LogP contribution >= 0.6 is 11.6 Å². The second kappa shape index (κ2) is 6.36. The molecule has 0 N–H and O–H groups in total. The van der Waals surface area contributed by atoms with E-state index in [9.17, 15) is 4.39 Å². The Labute approximate surface area is 112 Å². The maximum Gasteiger partial charge on any atom is 0.207 e. The highest BCUT2D eigenvalue weighted by molar-refractivity contribution is 6.30. The van der Waals surface area contributed by atoms with E-state index in [-0.39, 0.29) is 11.9 Å². The van der Waals surface area contributed by atoms with Crippen LogP contribution in [-0.4, -0.2) is 17.8 Å². The Bertz CT molecular complexity index is 493. The molecule has 0 heterocycles. The third kappa shape index (κ3) is 3.21. The van der Waals surface area contributed by atoms with Crippen LogP contribution in [0.2, 0.25) is 5.02 Å². The second-order valence-corrected chi connectivity index (χ2v) is 4.37. The largest absolute Gasteiger partial charge is 0.356 e. The molecular formula is C13H15ClFN3. The standard InChI is InChI=1S/C13H15ClFN3/c1-4-13(17-8-16)18(3)9(2)11-6-5-10(14)7-12(11)15/h5-7,9H,4H2,1-3H3/t9-/m1/s1. The molecule has 0 bridgehead atoms. The summed E-state index contributed by atoms with van der Waals surface area (Å²) in [6.45, 7) is 3.76. The molecule has 18 heavy (non-hydrogen) atoms. The minimum atomic E-state index is -0.353. The molecule has 0 aromatic heterocycles. The summed E-state index contributed by atoms with van der Waals surface area (Å²) in [6.07, 6.45) is 2.38. The van der Waals surface area contributed by atoms with Gasteiger partial charge in [-0.05, 0) is 19.1 Å². The Kier molecular flexibility index (Phi) is 5.11. The smallest absolute Gasteiger partial charge is 0.207 e. The number of hydrogen-bond donors (Lipinski definition) is 0. The zero-order chi connectivity index (χ0) is 13.7. The van der Waals surface area contributed by atoms with E-state index in [1.807, 2.05) is 13.8 Å². The van der Waals surface area contributed by atoms with Crippen LogP contribution in [0.15, 0.2) is 23.2 Å². The van der Waals surface area contributed by atoms with Crippen molar-refractivity contribution in [2.24, 2.45) is 4.99 Å². The van der Waals surface area contributed by atoms with Crippen molar-refractivity contribution < 1.29 is 4.39 Å². The van der Waals surface area contributed by atoms with Crippen molar-refractivity contribution in [3.05, 3.63) is 34.6 Å². The molecule has 0 aliphatic carbocycles. The number of hydrogen-bond acceptors (Lipinski definition) is 2. The van der Waals surface area contributed by atoms with Crippen molar-refractivity contribution in [1.82, 2.24) is 4.90 Å². The maximum absolute atomic E-state index is 13.8. The number of nitriles is 1. The van der Waals surface area contributed by atoms with Crippen molar-refractivity contribution in [3.63, 3.8) is 0 Å². The molecule has 5 heteroatoms. The van der Waals surface area contributed by atoms with Gasteiger partial charge in [0.25, 0.3) is 0 Å². The normalized spacial score (nSPS) is 13.0. The van der Waals surface area contributed by atoms with Crippen LogP contribution < -0.4 is 0 Å². The van der Waals surface area contributed by atoms with Crippen LogP contribution in [-0.2, 0) is 0 Å². The Morgan fingerprint density at radius 2 is 2.28 bits per heavy atom. The number of benzene rings is 1. The lowest BCUT2D eigenvalue weighted by atomic mass is 10.1. The van der Waals surface area contributed by atoms with Crippen LogP contribution in [0.4, 0.5) is 4.39 Å². The fourth-order valence-corrected chi connectivity index (χ4v) is 1.90. The van der Waals surface area contributed by atoms with E-state index in [1.165, 1.54) is 6.07 Å². The van der Waals surface area contributed by atoms with E-state index in [4.69, 9.17) is 16.9 Å². The summed E-state index contributed by atoms with van der Waals surface area (Å²) in [5, 5.41) is 8.97. The molecule has 0 fully saturated rings. The molecule has 1 rings (SSSR count). The maximum atomic E-state index is 13.8. The number of aliphatic imine (C=N–C) groups is 1. The van der Waals surface area contributed by atoms with E-state index in [2.05, 4.69) is 4.99 Å². The van der Waals surface area contributed by atoms with Gasteiger partial charge < -0.3 is 4.90 Å². The lowest BCUT2D eigenvalue weighted by Crippen LogP contribution is -2.29. The average Bonchev–Trinajstić information content (AvgIpc) is 2.34. The molecule has 0 spiro atoms. The average molecular weight is 268 g/mol. The van der Waals surface area contributed by atoms with Gasteiger partial charge in [-0.25, -0.2) is 4.39 Å². The molecule has 1 aromatic carbocycles. The molecule has 0 saturated heterocycles. The lowest BCUT2D eigenvalue weighted by Gasteiger charge is -2.27. The zero-order valence-corrected chi connectivity index (χ0v) is 11.4. The third-order valence-electron chi connectivity index (χ3n) is 2.90. The molecule has 0 aliphatic rings. The highest BCUT2D eigenvalue weighted by atomic mass is 35.5. The summed E-state index contributed by atoms with van der Waals surface area (Å²) < 4.78 is 13.8. The zero-order valence-electron chi connectivity index (χ0n) is 10.6. The summed E-state index contributed by atoms with van der Waals surface area (Å²) in [4.78, 5) is 5.52. The van der Waals surface area contributed by atoms with Gasteiger partial charge in [0, 0.05) is 24.1 Å². The first kappa shape index (κ1) is 14.5. The SMILES string of the molecule is CCC(=NC#N)N(C)[C@H](C)c1ccc(Cl)cc1F. The predicted molar refractivity (Wildman–Crippen MR) is 70.9 cm³/mol. The number of rotatable bonds is 3. The van der Waals surface area contributed by atoms with Crippen LogP contribution in [0.5, 0.6) is 0 Å². The van der Waals surface area contributed by atoms with Crippen LogP contribution in [0, 0.1) is 17.3 Å². The van der Waals surface area contributed by atoms with Gasteiger partial charge in [-0.1, -0.05) is 24.6 Å². The monoisotopic (exact) mass is 267 g/mol. The molecular weight excluding hydrogens is 253 g/mol. The molecule has 1 atom stereocenters. The number of halogens is 2. The van der Waals surface area contributed by atoms with Gasteiger partial charge in [0.15, 0.2) is 0 Å². The minimum absolute atomic E-state index is 0.214. The van der Waals surface area contributed by atoms with E-state index < -0.39 is 0 Å². The van der Waals surface area contributed by atoms with Gasteiger partial charge >= 0.3 is 0 Å². The summed E-state index contributed by atoms with van der Waals surface area (Å²) >= 11 is 5.72. The quantitative estimate of drug-likeness (QED) is 0.475. The molecule has 0 unspecified atom stereocenters. The lowest BCUT2D eigenvalue weighted by molar-refractivity contribution is 0.383. The first-order chi connectivity index (χ1) is 8.51. The summed E-state index contributed by atoms with van der Waals surface area (Å²) in [7, 11) is 1.79. The number of nitrogens with zero attached hydrogens (tertiary/aromatic N) is 3. The van der Waals surface area contributed by atoms with Crippen LogP contribution in [0.25, 0.3) is 0 Å². The van der Waals surface area contributed by atoms with E-state index >= 15 is 0 Å². The van der Waals surface area contributed by atoms with Gasteiger partial charge in [-0.3, -0.25) is 0 Å². The molecule has 0 amide bonds. The van der Waals surface area contributed by atoms with Gasteiger partial charge in [0.05, 0.1) is 6.04 Å². The Balaban J connectivity index is 3.03. The minimum Gasteiger partial charge on any atom is -0.356 e. The third-order valence-corrected chi connectivity index (χ3v) is 3.13. The molecule has 0 radical (unpaired) electrons. The molecule has 1 aromatic rings. The van der Waals surface area contributed by atoms with E-state index in [0.29, 0.717) is 22.8 Å². The van der Waals surface area contributed by atoms with Crippen molar-refractivity contribution in [2.75, 3.05) is 7.05 Å². The van der Waals surface area contributed by atoms with Gasteiger partial charge in [0.1, 0.15) is 11.7 Å². The number of amidine groups is 1. The Morgan fingerprint density at radius 1 is 1.61 bits per heavy atom. The van der Waals surface area contributed by atoms with Gasteiger partial charge in [-0.15, -0.1) is 0 Å². The summed E-state index contributed by atoms with van der Waals surface area (Å²) in [6, 6.07) is 4.37. The van der Waals surface area contributed by atoms with E-state index in [1.54, 1.807) is 30.3 Å². The van der Waals surface area contributed by atoms with Crippen molar-refractivity contribution in [1.29, 1.82) is 5.26 Å². The first-order valence-corrected chi connectivity index (χ1v) is 6.02. The summed E-state index contributed by atoms with van der Waals surface area (Å²) in [5.74, 6) is 0.272. The van der Waals surface area contributed by atoms with Crippen molar-refractivity contribution >= 4 is 17.4 Å². The molecule has 3 nitrogen and oxygen atoms in total.